The summed E-state index contributed by atoms with van der Waals surface area (Å²) < 4.78 is 1.45. The van der Waals surface area contributed by atoms with Gasteiger partial charge in [-0.15, -0.1) is 11.6 Å². The van der Waals surface area contributed by atoms with Crippen LogP contribution < -0.4 is 5.56 Å². The number of hydrogen-bond donors (Lipinski definition) is 0. The van der Waals surface area contributed by atoms with Crippen LogP contribution in [0.25, 0.3) is 10.9 Å². The van der Waals surface area contributed by atoms with E-state index in [9.17, 15) is 9.59 Å². The van der Waals surface area contributed by atoms with Crippen molar-refractivity contribution < 1.29 is 4.79 Å². The third-order valence-electron chi connectivity index (χ3n) is 4.68. The highest BCUT2D eigenvalue weighted by Crippen LogP contribution is 2.27. The molecule has 0 bridgehead atoms. The predicted molar refractivity (Wildman–Crippen MR) is 108 cm³/mol. The lowest BCUT2D eigenvalue weighted by atomic mass is 10.1. The van der Waals surface area contributed by atoms with Crippen molar-refractivity contribution in [1.82, 2.24) is 14.5 Å². The summed E-state index contributed by atoms with van der Waals surface area (Å²) in [6.07, 6.45) is 0. The molecule has 0 unspecified atom stereocenters. The van der Waals surface area contributed by atoms with E-state index in [-0.39, 0.29) is 11.5 Å². The second kappa shape index (κ2) is 7.71. The highest BCUT2D eigenvalue weighted by Gasteiger charge is 2.27. The number of carbonyl (C=O) groups excluding carboxylic acids is 1. The van der Waals surface area contributed by atoms with Crippen LogP contribution in [0.15, 0.2) is 53.3 Å². The van der Waals surface area contributed by atoms with E-state index in [2.05, 4.69) is 4.98 Å². The lowest BCUT2D eigenvalue weighted by molar-refractivity contribution is -0.131. The molecule has 0 saturated carbocycles. The molecule has 0 N–H and O–H groups in total. The average Bonchev–Trinajstić information content (AvgIpc) is 2.69. The monoisotopic (exact) mass is 403 g/mol. The summed E-state index contributed by atoms with van der Waals surface area (Å²) in [7, 11) is 3.29. The second-order valence-electron chi connectivity index (χ2n) is 6.39. The number of fused-ring (bicyclic) bond motifs is 1. The van der Waals surface area contributed by atoms with Gasteiger partial charge in [-0.3, -0.25) is 14.2 Å². The van der Waals surface area contributed by atoms with Gasteiger partial charge in [-0.25, -0.2) is 4.98 Å². The Hall–Kier alpha value is -2.37. The zero-order valence-corrected chi connectivity index (χ0v) is 16.7. The summed E-state index contributed by atoms with van der Waals surface area (Å²) in [5, 5.41) is 0.160. The quantitative estimate of drug-likeness (QED) is 0.616. The van der Waals surface area contributed by atoms with Crippen molar-refractivity contribution in [2.45, 2.75) is 18.3 Å². The van der Waals surface area contributed by atoms with Gasteiger partial charge >= 0.3 is 0 Å². The van der Waals surface area contributed by atoms with Crippen molar-refractivity contribution in [2.24, 2.45) is 7.05 Å². The average molecular weight is 404 g/mol. The fraction of sp³-hybridized carbons (Fsp3) is 0.250. The topological polar surface area (TPSA) is 55.2 Å². The van der Waals surface area contributed by atoms with Crippen molar-refractivity contribution in [1.29, 1.82) is 0 Å². The van der Waals surface area contributed by atoms with Crippen LogP contribution in [0.2, 0.25) is 5.02 Å². The van der Waals surface area contributed by atoms with Gasteiger partial charge in [-0.05, 0) is 30.7 Å². The molecule has 0 radical (unpaired) electrons. The van der Waals surface area contributed by atoms with Crippen LogP contribution in [-0.4, -0.2) is 27.4 Å². The summed E-state index contributed by atoms with van der Waals surface area (Å²) in [4.78, 5) is 31.6. The molecule has 7 heteroatoms. The first-order chi connectivity index (χ1) is 12.8. The highest BCUT2D eigenvalue weighted by atomic mass is 35.5. The van der Waals surface area contributed by atoms with E-state index >= 15 is 0 Å². The Bertz CT molecular complexity index is 1050. The van der Waals surface area contributed by atoms with Crippen molar-refractivity contribution in [2.75, 3.05) is 7.05 Å². The predicted octanol–water partition coefficient (Wildman–Crippen LogP) is 4.09. The van der Waals surface area contributed by atoms with Gasteiger partial charge in [0.15, 0.2) is 0 Å². The van der Waals surface area contributed by atoms with E-state index in [1.807, 2.05) is 25.1 Å². The lowest BCUT2D eigenvalue weighted by Crippen LogP contribution is -2.36. The van der Waals surface area contributed by atoms with Crippen molar-refractivity contribution in [3.05, 3.63) is 75.3 Å². The maximum Gasteiger partial charge on any atom is 0.261 e. The molecule has 0 saturated heterocycles. The third kappa shape index (κ3) is 3.70. The number of amides is 1. The highest BCUT2D eigenvalue weighted by molar-refractivity contribution is 6.31. The van der Waals surface area contributed by atoms with E-state index in [0.29, 0.717) is 21.7 Å². The molecule has 1 heterocycles. The molecule has 0 aliphatic carbocycles. The van der Waals surface area contributed by atoms with E-state index in [1.54, 1.807) is 44.4 Å². The van der Waals surface area contributed by atoms with Gasteiger partial charge in [0.25, 0.3) is 5.56 Å². The fourth-order valence-electron chi connectivity index (χ4n) is 2.94. The number of benzene rings is 2. The maximum atomic E-state index is 12.8. The summed E-state index contributed by atoms with van der Waals surface area (Å²) in [5.74, 6) is 0.193. The molecule has 140 valence electrons. The van der Waals surface area contributed by atoms with Crippen LogP contribution in [0.3, 0.4) is 0 Å². The van der Waals surface area contributed by atoms with Crippen molar-refractivity contribution in [3.63, 3.8) is 0 Å². The number of carbonyl (C=O) groups is 1. The van der Waals surface area contributed by atoms with E-state index in [4.69, 9.17) is 23.2 Å². The number of halogens is 2. The molecule has 0 fully saturated rings. The summed E-state index contributed by atoms with van der Waals surface area (Å²) in [5.41, 5.74) is 1.03. The van der Waals surface area contributed by atoms with Gasteiger partial charge in [0, 0.05) is 19.1 Å². The standard InChI is InChI=1S/C20H19Cl2N3O2/c1-12(24(2)20(27)17(22)13-7-5-4-6-8-13)18-23-16-11-14(21)9-10-15(16)19(26)25(18)3/h4-12,17H,1-3H3/t12-,17+/m1/s1. The molecule has 27 heavy (non-hydrogen) atoms. The summed E-state index contributed by atoms with van der Waals surface area (Å²) >= 11 is 12.4. The SMILES string of the molecule is C[C@H](c1nc2cc(Cl)ccc2c(=O)n1C)N(C)C(=O)[C@@H](Cl)c1ccccc1. The minimum atomic E-state index is -0.814. The van der Waals surface area contributed by atoms with Gasteiger partial charge in [-0.1, -0.05) is 41.9 Å². The molecule has 3 rings (SSSR count). The summed E-state index contributed by atoms with van der Waals surface area (Å²) in [6.45, 7) is 1.81. The first-order valence-electron chi connectivity index (χ1n) is 8.43. The minimum absolute atomic E-state index is 0.190. The summed E-state index contributed by atoms with van der Waals surface area (Å²) in [6, 6.07) is 13.6. The number of rotatable bonds is 4. The minimum Gasteiger partial charge on any atom is -0.334 e. The second-order valence-corrected chi connectivity index (χ2v) is 7.27. The molecular formula is C20H19Cl2N3O2. The number of hydrogen-bond acceptors (Lipinski definition) is 3. The van der Waals surface area contributed by atoms with Crippen LogP contribution in [-0.2, 0) is 11.8 Å². The molecule has 1 amide bonds. The van der Waals surface area contributed by atoms with E-state index < -0.39 is 11.4 Å². The Morgan fingerprint density at radius 3 is 2.52 bits per heavy atom. The van der Waals surface area contributed by atoms with Gasteiger partial charge in [0.1, 0.15) is 11.2 Å². The van der Waals surface area contributed by atoms with Crippen LogP contribution >= 0.6 is 23.2 Å². The largest absolute Gasteiger partial charge is 0.334 e. The molecule has 5 nitrogen and oxygen atoms in total. The number of likely N-dealkylation sites (N-methyl/N-ethyl adjacent to an activating group) is 1. The third-order valence-corrected chi connectivity index (χ3v) is 5.36. The van der Waals surface area contributed by atoms with Crippen LogP contribution in [0.1, 0.15) is 29.7 Å². The van der Waals surface area contributed by atoms with Crippen LogP contribution in [0.5, 0.6) is 0 Å². The van der Waals surface area contributed by atoms with Crippen LogP contribution in [0.4, 0.5) is 0 Å². The van der Waals surface area contributed by atoms with Crippen molar-refractivity contribution >= 4 is 40.0 Å². The first-order valence-corrected chi connectivity index (χ1v) is 9.24. The molecule has 0 spiro atoms. The molecule has 0 aliphatic rings. The Labute approximate surface area is 167 Å². The molecule has 2 aromatic carbocycles. The Morgan fingerprint density at radius 2 is 1.85 bits per heavy atom. The van der Waals surface area contributed by atoms with E-state index in [1.165, 1.54) is 9.47 Å². The zero-order chi connectivity index (χ0) is 19.7. The number of nitrogens with zero attached hydrogens (tertiary/aromatic N) is 3. The molecular weight excluding hydrogens is 385 g/mol. The van der Waals surface area contributed by atoms with Gasteiger partial charge in [-0.2, -0.15) is 0 Å². The Balaban J connectivity index is 1.97. The van der Waals surface area contributed by atoms with Gasteiger partial charge in [0.2, 0.25) is 5.91 Å². The zero-order valence-electron chi connectivity index (χ0n) is 15.2. The maximum absolute atomic E-state index is 12.8. The smallest absolute Gasteiger partial charge is 0.261 e. The van der Waals surface area contributed by atoms with E-state index in [0.717, 1.165) is 5.56 Å². The number of aromatic nitrogens is 2. The van der Waals surface area contributed by atoms with Gasteiger partial charge in [0.05, 0.1) is 16.9 Å². The van der Waals surface area contributed by atoms with Gasteiger partial charge < -0.3 is 4.90 Å². The molecule has 0 aliphatic heterocycles. The number of alkyl halides is 1. The first kappa shape index (κ1) is 19.4. The van der Waals surface area contributed by atoms with Crippen LogP contribution in [0, 0.1) is 0 Å². The lowest BCUT2D eigenvalue weighted by Gasteiger charge is -2.28. The van der Waals surface area contributed by atoms with Crippen molar-refractivity contribution in [3.8, 4) is 0 Å². The fourth-order valence-corrected chi connectivity index (χ4v) is 3.41. The molecule has 2 atom stereocenters. The Kier molecular flexibility index (Phi) is 5.53. The normalized spacial score (nSPS) is 13.4. The molecule has 3 aromatic rings. The Morgan fingerprint density at radius 1 is 1.19 bits per heavy atom. The molecule has 1 aromatic heterocycles.